The zero-order valence-corrected chi connectivity index (χ0v) is 31.6. The number of esters is 1. The van der Waals surface area contributed by atoms with E-state index < -0.39 is 28.9 Å². The first kappa shape index (κ1) is 38.5. The van der Waals surface area contributed by atoms with Gasteiger partial charge >= 0.3 is 5.97 Å². The average molecular weight is 742 g/mol. The number of carbonyl (C=O) groups is 4. The Morgan fingerprint density at radius 1 is 0.981 bits per heavy atom. The third-order valence-corrected chi connectivity index (χ3v) is 11.5. The molecule has 1 aliphatic rings. The molecule has 3 N–H and O–H groups in total. The van der Waals surface area contributed by atoms with Crippen molar-refractivity contribution in [1.82, 2.24) is 5.32 Å². The van der Waals surface area contributed by atoms with E-state index in [0.717, 1.165) is 34.6 Å². The van der Waals surface area contributed by atoms with Crippen molar-refractivity contribution >= 4 is 63.6 Å². The van der Waals surface area contributed by atoms with Crippen molar-refractivity contribution in [1.29, 1.82) is 0 Å². The summed E-state index contributed by atoms with van der Waals surface area (Å²) in [6.45, 7) is 10.6. The summed E-state index contributed by atoms with van der Waals surface area (Å²) >= 11 is 2.80. The molecule has 2 unspecified atom stereocenters. The summed E-state index contributed by atoms with van der Waals surface area (Å²) in [4.78, 5) is 55.3. The third-order valence-electron chi connectivity index (χ3n) is 8.97. The zero-order chi connectivity index (χ0) is 37.4. The van der Waals surface area contributed by atoms with Crippen molar-refractivity contribution in [3.8, 4) is 0 Å². The first-order chi connectivity index (χ1) is 24.9. The minimum Gasteiger partial charge on any atom is -0.462 e. The number of amides is 3. The minimum absolute atomic E-state index is 0.126. The van der Waals surface area contributed by atoms with Crippen molar-refractivity contribution in [2.45, 2.75) is 70.4 Å². The molecule has 0 spiro atoms. The van der Waals surface area contributed by atoms with Crippen LogP contribution in [0, 0.1) is 17.2 Å². The number of halogens is 1. The van der Waals surface area contributed by atoms with Gasteiger partial charge in [-0.25, -0.2) is 9.18 Å². The third kappa shape index (κ3) is 9.57. The predicted octanol–water partition coefficient (Wildman–Crippen LogP) is 9.13. The summed E-state index contributed by atoms with van der Waals surface area (Å²) in [6.07, 6.45) is 4.36. The van der Waals surface area contributed by atoms with Crippen molar-refractivity contribution in [2.75, 3.05) is 17.2 Å². The lowest BCUT2D eigenvalue weighted by atomic mass is 9.72. The zero-order valence-electron chi connectivity index (χ0n) is 30.0. The van der Waals surface area contributed by atoms with Gasteiger partial charge in [-0.3, -0.25) is 14.4 Å². The van der Waals surface area contributed by atoms with Crippen LogP contribution in [0.5, 0.6) is 0 Å². The number of thiophene rings is 1. The molecule has 0 aliphatic heterocycles. The molecule has 52 heavy (non-hydrogen) atoms. The van der Waals surface area contributed by atoms with E-state index in [2.05, 4.69) is 36.7 Å². The minimum atomic E-state index is -0.652. The summed E-state index contributed by atoms with van der Waals surface area (Å²) in [5.74, 6) is -1.91. The number of hydrogen-bond acceptors (Lipinski definition) is 7. The summed E-state index contributed by atoms with van der Waals surface area (Å²) in [6, 6.07) is 21.4. The smallest absolute Gasteiger partial charge is 0.341 e. The second-order valence-corrected chi connectivity index (χ2v) is 16.0. The number of anilines is 2. The number of carbonyl (C=O) groups excluding carboxylic acids is 4. The van der Waals surface area contributed by atoms with E-state index in [0.29, 0.717) is 34.2 Å². The van der Waals surface area contributed by atoms with Crippen molar-refractivity contribution in [2.24, 2.45) is 11.3 Å². The summed E-state index contributed by atoms with van der Waals surface area (Å²) in [5, 5.41) is 8.51. The summed E-state index contributed by atoms with van der Waals surface area (Å²) in [5.41, 5.74) is 2.31. The molecule has 0 saturated carbocycles. The maximum absolute atomic E-state index is 14.6. The molecule has 1 aliphatic carbocycles. The van der Waals surface area contributed by atoms with E-state index in [1.54, 1.807) is 61.5 Å². The standard InChI is InChI=1S/C41H44FN3O5S2/c1-6-33(38(48)45-39-35(40(49)50-7-2)30-21-20-27(41(3,4)5)23-34(30)52-39)51-29-18-13-17-28(24-29)43-37(47)32(22-26-16-11-12-19-31(26)42)44-36(46)25-14-9-8-10-15-25/h8-19,22,24,27,33H,6-7,20-21,23H2,1-5H3,(H,43,47)(H,44,46)(H,45,48)/b32-22-. The van der Waals surface area contributed by atoms with Gasteiger partial charge in [0, 0.05) is 26.6 Å². The molecule has 8 nitrogen and oxygen atoms in total. The quantitative estimate of drug-likeness (QED) is 0.0759. The molecule has 0 radical (unpaired) electrons. The van der Waals surface area contributed by atoms with Crippen LogP contribution >= 0.6 is 23.1 Å². The van der Waals surface area contributed by atoms with Gasteiger partial charge in [0.15, 0.2) is 0 Å². The second kappa shape index (κ2) is 17.2. The molecule has 4 aromatic rings. The van der Waals surface area contributed by atoms with Crippen molar-refractivity contribution < 1.29 is 28.3 Å². The number of hydrogen-bond donors (Lipinski definition) is 3. The molecular weight excluding hydrogens is 698 g/mol. The number of fused-ring (bicyclic) bond motifs is 1. The Balaban J connectivity index is 1.33. The first-order valence-corrected chi connectivity index (χ1v) is 19.1. The Bertz CT molecular complexity index is 1970. The van der Waals surface area contributed by atoms with Crippen LogP contribution in [0.3, 0.4) is 0 Å². The van der Waals surface area contributed by atoms with Gasteiger partial charge in [-0.1, -0.05) is 70.2 Å². The Labute approximate surface area is 312 Å². The SMILES string of the molecule is CCOC(=O)c1c(NC(=O)C(CC)Sc2cccc(NC(=O)/C(=C/c3ccccc3F)NC(=O)c3ccccc3)c2)sc2c1CCC(C(C)(C)C)C2. The molecule has 1 aromatic heterocycles. The number of thioether (sulfide) groups is 1. The summed E-state index contributed by atoms with van der Waals surface area (Å²) < 4.78 is 20.0. The Morgan fingerprint density at radius 2 is 1.71 bits per heavy atom. The van der Waals surface area contributed by atoms with Crippen LogP contribution in [0.25, 0.3) is 6.08 Å². The molecular formula is C41H44FN3O5S2. The predicted molar refractivity (Wildman–Crippen MR) is 207 cm³/mol. The van der Waals surface area contributed by atoms with Gasteiger partial charge in [0.2, 0.25) is 5.91 Å². The fourth-order valence-electron chi connectivity index (χ4n) is 6.05. The number of nitrogens with one attached hydrogen (secondary N) is 3. The molecule has 0 saturated heterocycles. The fraction of sp³-hybridized carbons (Fsp3) is 0.317. The highest BCUT2D eigenvalue weighted by molar-refractivity contribution is 8.00. The molecule has 11 heteroatoms. The lowest BCUT2D eigenvalue weighted by Gasteiger charge is -2.33. The Kier molecular flexibility index (Phi) is 12.7. The normalized spacial score (nSPS) is 14.9. The second-order valence-electron chi connectivity index (χ2n) is 13.6. The van der Waals surface area contributed by atoms with Gasteiger partial charge in [0.1, 0.15) is 16.5 Å². The van der Waals surface area contributed by atoms with E-state index in [9.17, 15) is 23.6 Å². The maximum atomic E-state index is 14.6. The van der Waals surface area contributed by atoms with Crippen molar-refractivity contribution in [3.05, 3.63) is 118 Å². The number of benzene rings is 3. The average Bonchev–Trinajstić information content (AvgIpc) is 3.48. The van der Waals surface area contributed by atoms with Crippen LogP contribution < -0.4 is 16.0 Å². The molecule has 5 rings (SSSR count). The van der Waals surface area contributed by atoms with E-state index >= 15 is 0 Å². The van der Waals surface area contributed by atoms with Gasteiger partial charge < -0.3 is 20.7 Å². The highest BCUT2D eigenvalue weighted by Gasteiger charge is 2.35. The van der Waals surface area contributed by atoms with E-state index in [1.807, 2.05) is 13.0 Å². The lowest BCUT2D eigenvalue weighted by Crippen LogP contribution is -2.30. The highest BCUT2D eigenvalue weighted by Crippen LogP contribution is 2.45. The first-order valence-electron chi connectivity index (χ1n) is 17.4. The monoisotopic (exact) mass is 741 g/mol. The van der Waals surface area contributed by atoms with Crippen LogP contribution in [0.4, 0.5) is 15.1 Å². The van der Waals surface area contributed by atoms with Gasteiger partial charge in [0.05, 0.1) is 17.4 Å². The molecule has 0 bridgehead atoms. The fourth-order valence-corrected chi connectivity index (χ4v) is 8.38. The molecule has 0 fully saturated rings. The van der Waals surface area contributed by atoms with Gasteiger partial charge in [-0.2, -0.15) is 0 Å². The topological polar surface area (TPSA) is 114 Å². The van der Waals surface area contributed by atoms with Crippen LogP contribution in [-0.2, 0) is 27.2 Å². The van der Waals surface area contributed by atoms with Crippen LogP contribution in [0.15, 0.2) is 89.5 Å². The Hall–Kier alpha value is -4.74. The molecule has 3 amide bonds. The van der Waals surface area contributed by atoms with Gasteiger partial charge in [0.25, 0.3) is 11.8 Å². The largest absolute Gasteiger partial charge is 0.462 e. The molecule has 3 aromatic carbocycles. The van der Waals surface area contributed by atoms with Gasteiger partial charge in [-0.15, -0.1) is 23.1 Å². The van der Waals surface area contributed by atoms with Crippen LogP contribution in [-0.4, -0.2) is 35.5 Å². The number of ether oxygens (including phenoxy) is 1. The molecule has 2 atom stereocenters. The van der Waals surface area contributed by atoms with Crippen molar-refractivity contribution in [3.63, 3.8) is 0 Å². The Morgan fingerprint density at radius 3 is 2.40 bits per heavy atom. The van der Waals surface area contributed by atoms with Crippen LogP contribution in [0.1, 0.15) is 84.2 Å². The maximum Gasteiger partial charge on any atom is 0.341 e. The van der Waals surface area contributed by atoms with E-state index in [1.165, 1.54) is 47.4 Å². The van der Waals surface area contributed by atoms with Gasteiger partial charge in [-0.05, 0) is 92.0 Å². The molecule has 272 valence electrons. The lowest BCUT2D eigenvalue weighted by molar-refractivity contribution is -0.116. The van der Waals surface area contributed by atoms with Crippen LogP contribution in [0.2, 0.25) is 0 Å². The number of rotatable bonds is 12. The summed E-state index contributed by atoms with van der Waals surface area (Å²) in [7, 11) is 0. The molecule has 1 heterocycles. The highest BCUT2D eigenvalue weighted by atomic mass is 32.2. The van der Waals surface area contributed by atoms with E-state index in [4.69, 9.17) is 4.74 Å². The van der Waals surface area contributed by atoms with E-state index in [-0.39, 0.29) is 29.2 Å².